The van der Waals surface area contributed by atoms with E-state index in [-0.39, 0.29) is 17.9 Å². The van der Waals surface area contributed by atoms with E-state index in [0.717, 1.165) is 6.42 Å². The second-order valence-electron chi connectivity index (χ2n) is 5.11. The van der Waals surface area contributed by atoms with Gasteiger partial charge in [0.2, 0.25) is 11.8 Å². The van der Waals surface area contributed by atoms with Crippen LogP contribution in [0, 0.1) is 0 Å². The van der Waals surface area contributed by atoms with E-state index in [1.807, 2.05) is 30.0 Å². The minimum absolute atomic E-state index is 0.00859. The molecule has 0 aliphatic carbocycles. The molecule has 4 heteroatoms. The lowest BCUT2D eigenvalue weighted by Crippen LogP contribution is -2.46. The van der Waals surface area contributed by atoms with Gasteiger partial charge in [-0.1, -0.05) is 30.3 Å². The van der Waals surface area contributed by atoms with Gasteiger partial charge in [0.1, 0.15) is 6.04 Å². The molecule has 19 heavy (non-hydrogen) atoms. The first-order chi connectivity index (χ1) is 9.08. The van der Waals surface area contributed by atoms with Crippen LogP contribution in [-0.2, 0) is 16.0 Å². The summed E-state index contributed by atoms with van der Waals surface area (Å²) in [7, 11) is 0. The Morgan fingerprint density at radius 3 is 2.68 bits per heavy atom. The van der Waals surface area contributed by atoms with Gasteiger partial charge < -0.3 is 10.2 Å². The van der Waals surface area contributed by atoms with Crippen LogP contribution >= 0.6 is 0 Å². The summed E-state index contributed by atoms with van der Waals surface area (Å²) < 4.78 is 0. The predicted octanol–water partition coefficient (Wildman–Crippen LogP) is 1.35. The molecule has 0 spiro atoms. The second-order valence-corrected chi connectivity index (χ2v) is 5.11. The molecule has 102 valence electrons. The summed E-state index contributed by atoms with van der Waals surface area (Å²) in [6.45, 7) is 4.28. The van der Waals surface area contributed by atoms with Crippen molar-refractivity contribution in [2.45, 2.75) is 38.8 Å². The quantitative estimate of drug-likeness (QED) is 0.892. The highest BCUT2D eigenvalue weighted by Crippen LogP contribution is 2.13. The summed E-state index contributed by atoms with van der Waals surface area (Å²) in [4.78, 5) is 25.5. The minimum Gasteiger partial charge on any atom is -0.345 e. The highest BCUT2D eigenvalue weighted by Gasteiger charge is 2.29. The number of nitrogens with one attached hydrogen (secondary N) is 1. The number of benzene rings is 1. The Labute approximate surface area is 113 Å². The number of carbonyl (C=O) groups is 2. The van der Waals surface area contributed by atoms with E-state index in [2.05, 4.69) is 17.4 Å². The molecule has 0 aromatic heterocycles. The maximum atomic E-state index is 12.2. The Morgan fingerprint density at radius 1 is 1.32 bits per heavy atom. The Morgan fingerprint density at radius 2 is 2.00 bits per heavy atom. The molecule has 2 atom stereocenters. The zero-order chi connectivity index (χ0) is 13.8. The monoisotopic (exact) mass is 260 g/mol. The van der Waals surface area contributed by atoms with Crippen LogP contribution in [0.25, 0.3) is 0 Å². The highest BCUT2D eigenvalue weighted by molar-refractivity contribution is 5.89. The predicted molar refractivity (Wildman–Crippen MR) is 73.5 cm³/mol. The number of nitrogens with zero attached hydrogens (tertiary/aromatic N) is 1. The summed E-state index contributed by atoms with van der Waals surface area (Å²) >= 11 is 0. The molecule has 1 aliphatic heterocycles. The summed E-state index contributed by atoms with van der Waals surface area (Å²) in [6, 6.07) is 9.78. The fourth-order valence-electron chi connectivity index (χ4n) is 2.46. The number of hydrogen-bond acceptors (Lipinski definition) is 2. The third kappa shape index (κ3) is 3.34. The van der Waals surface area contributed by atoms with E-state index in [1.165, 1.54) is 5.56 Å². The van der Waals surface area contributed by atoms with Crippen LogP contribution in [-0.4, -0.2) is 35.3 Å². The van der Waals surface area contributed by atoms with E-state index >= 15 is 0 Å². The zero-order valence-electron chi connectivity index (χ0n) is 11.4. The Bertz CT molecular complexity index is 458. The van der Waals surface area contributed by atoms with E-state index < -0.39 is 6.04 Å². The number of hydrogen-bond donors (Lipinski definition) is 1. The number of carbonyl (C=O) groups excluding carboxylic acids is 2. The first-order valence-corrected chi connectivity index (χ1v) is 6.71. The first-order valence-electron chi connectivity index (χ1n) is 6.71. The lowest BCUT2D eigenvalue weighted by atomic mass is 10.1. The molecule has 1 saturated heterocycles. The van der Waals surface area contributed by atoms with Crippen molar-refractivity contribution in [1.82, 2.24) is 10.2 Å². The summed E-state index contributed by atoms with van der Waals surface area (Å²) in [5.41, 5.74) is 1.21. The molecule has 4 nitrogen and oxygen atoms in total. The fourth-order valence-corrected chi connectivity index (χ4v) is 2.46. The number of amides is 2. The minimum atomic E-state index is -0.423. The van der Waals surface area contributed by atoms with Crippen LogP contribution in [0.15, 0.2) is 30.3 Å². The van der Waals surface area contributed by atoms with Crippen molar-refractivity contribution < 1.29 is 9.59 Å². The smallest absolute Gasteiger partial charge is 0.245 e. The summed E-state index contributed by atoms with van der Waals surface area (Å²) in [5.74, 6) is -0.0375. The van der Waals surface area contributed by atoms with E-state index in [0.29, 0.717) is 13.0 Å². The first kappa shape index (κ1) is 13.6. The molecule has 2 rings (SSSR count). The number of rotatable bonds is 3. The summed E-state index contributed by atoms with van der Waals surface area (Å²) in [5, 5.41) is 2.71. The Kier molecular flexibility index (Phi) is 4.20. The van der Waals surface area contributed by atoms with Crippen LogP contribution in [0.1, 0.15) is 25.8 Å². The van der Waals surface area contributed by atoms with Gasteiger partial charge in [0.25, 0.3) is 0 Å². The van der Waals surface area contributed by atoms with Crippen LogP contribution < -0.4 is 5.32 Å². The molecular formula is C15H20N2O2. The van der Waals surface area contributed by atoms with Crippen LogP contribution in [0.2, 0.25) is 0 Å². The van der Waals surface area contributed by atoms with Crippen molar-refractivity contribution in [3.05, 3.63) is 35.9 Å². The van der Waals surface area contributed by atoms with Gasteiger partial charge >= 0.3 is 0 Å². The second kappa shape index (κ2) is 5.87. The van der Waals surface area contributed by atoms with E-state index in [4.69, 9.17) is 0 Å². The topological polar surface area (TPSA) is 49.4 Å². The van der Waals surface area contributed by atoms with Gasteiger partial charge in [-0.3, -0.25) is 9.59 Å². The van der Waals surface area contributed by atoms with Crippen LogP contribution in [0.3, 0.4) is 0 Å². The fraction of sp³-hybridized carbons (Fsp3) is 0.467. The molecule has 1 heterocycles. The molecule has 0 radical (unpaired) electrons. The average Bonchev–Trinajstić information content (AvgIpc) is 2.51. The normalized spacial score (nSPS) is 21.8. The molecule has 2 amide bonds. The van der Waals surface area contributed by atoms with Crippen molar-refractivity contribution in [3.63, 3.8) is 0 Å². The maximum Gasteiger partial charge on any atom is 0.245 e. The molecule has 0 bridgehead atoms. The van der Waals surface area contributed by atoms with Crippen molar-refractivity contribution in [2.75, 3.05) is 6.54 Å². The molecule has 1 aromatic rings. The van der Waals surface area contributed by atoms with E-state index in [9.17, 15) is 9.59 Å². The SMILES string of the molecule is CC1NC(=O)CCN(C(C)Cc2ccccc2)C1=O. The van der Waals surface area contributed by atoms with Gasteiger partial charge in [-0.25, -0.2) is 0 Å². The van der Waals surface area contributed by atoms with Crippen LogP contribution in [0.4, 0.5) is 0 Å². The molecule has 1 fully saturated rings. The van der Waals surface area contributed by atoms with Crippen molar-refractivity contribution in [2.24, 2.45) is 0 Å². The largest absolute Gasteiger partial charge is 0.345 e. The van der Waals surface area contributed by atoms with Gasteiger partial charge in [-0.05, 0) is 25.8 Å². The molecule has 1 N–H and O–H groups in total. The van der Waals surface area contributed by atoms with Crippen molar-refractivity contribution >= 4 is 11.8 Å². The molecule has 1 aromatic carbocycles. The van der Waals surface area contributed by atoms with Gasteiger partial charge in [0.15, 0.2) is 0 Å². The third-order valence-electron chi connectivity index (χ3n) is 3.52. The highest BCUT2D eigenvalue weighted by atomic mass is 16.2. The Balaban J connectivity index is 2.07. The lowest BCUT2D eigenvalue weighted by molar-refractivity contribution is -0.134. The third-order valence-corrected chi connectivity index (χ3v) is 3.52. The maximum absolute atomic E-state index is 12.2. The van der Waals surface area contributed by atoms with Gasteiger partial charge in [0.05, 0.1) is 0 Å². The summed E-state index contributed by atoms with van der Waals surface area (Å²) in [6.07, 6.45) is 1.20. The zero-order valence-corrected chi connectivity index (χ0v) is 11.4. The van der Waals surface area contributed by atoms with Crippen molar-refractivity contribution in [1.29, 1.82) is 0 Å². The average molecular weight is 260 g/mol. The Hall–Kier alpha value is -1.84. The van der Waals surface area contributed by atoms with Crippen molar-refractivity contribution in [3.8, 4) is 0 Å². The van der Waals surface area contributed by atoms with Gasteiger partial charge in [-0.15, -0.1) is 0 Å². The molecule has 1 aliphatic rings. The molecule has 0 saturated carbocycles. The standard InChI is InChI=1S/C15H20N2O2/c1-11(10-13-6-4-3-5-7-13)17-9-8-14(18)16-12(2)15(17)19/h3-7,11-12H,8-10H2,1-2H3,(H,16,18). The van der Waals surface area contributed by atoms with Crippen LogP contribution in [0.5, 0.6) is 0 Å². The molecular weight excluding hydrogens is 240 g/mol. The van der Waals surface area contributed by atoms with Gasteiger partial charge in [0, 0.05) is 19.0 Å². The lowest BCUT2D eigenvalue weighted by Gasteiger charge is -2.29. The van der Waals surface area contributed by atoms with Gasteiger partial charge in [-0.2, -0.15) is 0 Å². The van der Waals surface area contributed by atoms with E-state index in [1.54, 1.807) is 6.92 Å². The molecule has 2 unspecified atom stereocenters.